The summed E-state index contributed by atoms with van der Waals surface area (Å²) in [6.07, 6.45) is 4.71. The number of carbonyl (C=O) groups is 1. The van der Waals surface area contributed by atoms with Gasteiger partial charge in [-0.3, -0.25) is 4.79 Å². The van der Waals surface area contributed by atoms with E-state index in [0.29, 0.717) is 12.0 Å². The summed E-state index contributed by atoms with van der Waals surface area (Å²) in [6, 6.07) is 6.60. The van der Waals surface area contributed by atoms with Crippen molar-refractivity contribution < 1.29 is 9.53 Å². The molecule has 1 aromatic carbocycles. The lowest BCUT2D eigenvalue weighted by molar-refractivity contribution is -0.123. The van der Waals surface area contributed by atoms with Crippen LogP contribution in [0.15, 0.2) is 18.2 Å². The first-order chi connectivity index (χ1) is 9.76. The summed E-state index contributed by atoms with van der Waals surface area (Å²) < 4.78 is 5.58. The smallest absolute Gasteiger partial charge is 0.257 e. The molecule has 2 aliphatic carbocycles. The van der Waals surface area contributed by atoms with Crippen LogP contribution in [0.25, 0.3) is 0 Å². The van der Waals surface area contributed by atoms with E-state index in [-0.39, 0.29) is 12.5 Å². The van der Waals surface area contributed by atoms with Gasteiger partial charge in [0.2, 0.25) is 0 Å². The summed E-state index contributed by atoms with van der Waals surface area (Å²) in [7, 11) is 1.99. The third-order valence-corrected chi connectivity index (χ3v) is 4.20. The van der Waals surface area contributed by atoms with Crippen LogP contribution in [0.3, 0.4) is 0 Å². The number of hydrogen-bond donors (Lipinski definition) is 2. The summed E-state index contributed by atoms with van der Waals surface area (Å²) in [5, 5.41) is 6.23. The van der Waals surface area contributed by atoms with Crippen LogP contribution < -0.4 is 15.4 Å². The second-order valence-corrected chi connectivity index (χ2v) is 5.78. The highest BCUT2D eigenvalue weighted by Crippen LogP contribution is 2.33. The van der Waals surface area contributed by atoms with Crippen molar-refractivity contribution in [3.05, 3.63) is 29.3 Å². The van der Waals surface area contributed by atoms with Crippen LogP contribution in [0, 0.1) is 5.92 Å². The molecule has 108 valence electrons. The number of fused-ring (bicyclic) bond motifs is 1. The van der Waals surface area contributed by atoms with Crippen molar-refractivity contribution in [2.24, 2.45) is 5.92 Å². The zero-order valence-electron chi connectivity index (χ0n) is 11.9. The van der Waals surface area contributed by atoms with Crippen molar-refractivity contribution in [1.82, 2.24) is 10.6 Å². The summed E-state index contributed by atoms with van der Waals surface area (Å²) >= 11 is 0. The number of aryl methyl sites for hydroxylation is 1. The molecule has 1 saturated carbocycles. The van der Waals surface area contributed by atoms with Gasteiger partial charge in [0.1, 0.15) is 5.75 Å². The van der Waals surface area contributed by atoms with Crippen LogP contribution in [-0.4, -0.2) is 26.1 Å². The highest BCUT2D eigenvalue weighted by molar-refractivity contribution is 5.77. The molecule has 1 unspecified atom stereocenters. The number of hydrogen-bond acceptors (Lipinski definition) is 3. The van der Waals surface area contributed by atoms with Crippen LogP contribution in [0.5, 0.6) is 5.75 Å². The van der Waals surface area contributed by atoms with Gasteiger partial charge in [0.05, 0.1) is 0 Å². The van der Waals surface area contributed by atoms with Crippen molar-refractivity contribution >= 4 is 5.91 Å². The molecule has 1 aromatic rings. The van der Waals surface area contributed by atoms with Crippen LogP contribution in [0.2, 0.25) is 0 Å². The molecule has 0 radical (unpaired) electrons. The maximum absolute atomic E-state index is 11.6. The Morgan fingerprint density at radius 1 is 1.35 bits per heavy atom. The lowest BCUT2D eigenvalue weighted by Crippen LogP contribution is -2.30. The number of benzene rings is 1. The Kier molecular flexibility index (Phi) is 3.92. The normalized spacial score (nSPS) is 20.6. The Labute approximate surface area is 119 Å². The first kappa shape index (κ1) is 13.4. The third-order valence-electron chi connectivity index (χ3n) is 4.20. The molecule has 4 heteroatoms. The Hall–Kier alpha value is -1.55. The summed E-state index contributed by atoms with van der Waals surface area (Å²) in [4.78, 5) is 11.6. The summed E-state index contributed by atoms with van der Waals surface area (Å²) in [5.41, 5.74) is 2.69. The molecule has 0 saturated heterocycles. The van der Waals surface area contributed by atoms with E-state index in [1.54, 1.807) is 0 Å². The van der Waals surface area contributed by atoms with Crippen molar-refractivity contribution in [3.8, 4) is 5.75 Å². The highest BCUT2D eigenvalue weighted by atomic mass is 16.5. The lowest BCUT2D eigenvalue weighted by Gasteiger charge is -2.11. The molecule has 0 bridgehead atoms. The summed E-state index contributed by atoms with van der Waals surface area (Å²) in [5.74, 6) is 1.48. The van der Waals surface area contributed by atoms with E-state index in [0.717, 1.165) is 25.1 Å². The largest absolute Gasteiger partial charge is 0.484 e. The molecule has 20 heavy (non-hydrogen) atoms. The minimum Gasteiger partial charge on any atom is -0.484 e. The molecule has 2 N–H and O–H groups in total. The fourth-order valence-electron chi connectivity index (χ4n) is 2.76. The molecule has 0 aromatic heterocycles. The SMILES string of the molecule is CNC1CCc2cc(OCC(=O)NCC3CC3)ccc21. The molecule has 0 heterocycles. The predicted octanol–water partition coefficient (Wildman–Crippen LogP) is 1.80. The number of carbonyl (C=O) groups excluding carboxylic acids is 1. The van der Waals surface area contributed by atoms with Gasteiger partial charge >= 0.3 is 0 Å². The first-order valence-electron chi connectivity index (χ1n) is 7.46. The van der Waals surface area contributed by atoms with Crippen molar-refractivity contribution in [1.29, 1.82) is 0 Å². The molecule has 3 rings (SSSR count). The van der Waals surface area contributed by atoms with Crippen LogP contribution in [0.1, 0.15) is 36.4 Å². The standard InChI is InChI=1S/C16H22N2O2/c1-17-15-7-4-12-8-13(5-6-14(12)15)20-10-16(19)18-9-11-2-3-11/h5-6,8,11,15,17H,2-4,7,9-10H2,1H3,(H,18,19). The van der Waals surface area contributed by atoms with Gasteiger partial charge < -0.3 is 15.4 Å². The van der Waals surface area contributed by atoms with Crippen molar-refractivity contribution in [3.63, 3.8) is 0 Å². The zero-order chi connectivity index (χ0) is 13.9. The van der Waals surface area contributed by atoms with Gasteiger partial charge in [-0.2, -0.15) is 0 Å². The van der Waals surface area contributed by atoms with Gasteiger partial charge in [-0.1, -0.05) is 6.07 Å². The van der Waals surface area contributed by atoms with E-state index in [2.05, 4.69) is 22.8 Å². The van der Waals surface area contributed by atoms with Gasteiger partial charge in [-0.15, -0.1) is 0 Å². The minimum absolute atomic E-state index is 0.0227. The van der Waals surface area contributed by atoms with Crippen LogP contribution in [0.4, 0.5) is 0 Å². The first-order valence-corrected chi connectivity index (χ1v) is 7.46. The molecule has 2 aliphatic rings. The quantitative estimate of drug-likeness (QED) is 0.831. The third kappa shape index (κ3) is 3.12. The van der Waals surface area contributed by atoms with Crippen molar-refractivity contribution in [2.45, 2.75) is 31.7 Å². The minimum atomic E-state index is -0.0227. The molecule has 0 spiro atoms. The van der Waals surface area contributed by atoms with E-state index in [4.69, 9.17) is 4.74 Å². The molecule has 1 amide bonds. The van der Waals surface area contributed by atoms with Gasteiger partial charge in [0.25, 0.3) is 5.91 Å². The maximum atomic E-state index is 11.6. The fraction of sp³-hybridized carbons (Fsp3) is 0.562. The second-order valence-electron chi connectivity index (χ2n) is 5.78. The number of rotatable bonds is 6. The average molecular weight is 274 g/mol. The monoisotopic (exact) mass is 274 g/mol. The second kappa shape index (κ2) is 5.83. The zero-order valence-corrected chi connectivity index (χ0v) is 11.9. The molecular weight excluding hydrogens is 252 g/mol. The fourth-order valence-corrected chi connectivity index (χ4v) is 2.76. The highest BCUT2D eigenvalue weighted by Gasteiger charge is 2.22. The molecular formula is C16H22N2O2. The Bertz CT molecular complexity index is 497. The van der Waals surface area contributed by atoms with E-state index >= 15 is 0 Å². The summed E-state index contributed by atoms with van der Waals surface area (Å²) in [6.45, 7) is 0.914. The van der Waals surface area contributed by atoms with E-state index in [1.807, 2.05) is 13.1 Å². The molecule has 1 atom stereocenters. The van der Waals surface area contributed by atoms with Gasteiger partial charge in [0.15, 0.2) is 6.61 Å². The predicted molar refractivity (Wildman–Crippen MR) is 77.8 cm³/mol. The van der Waals surface area contributed by atoms with Gasteiger partial charge in [0, 0.05) is 12.6 Å². The van der Waals surface area contributed by atoms with Crippen LogP contribution in [-0.2, 0) is 11.2 Å². The van der Waals surface area contributed by atoms with E-state index < -0.39 is 0 Å². The average Bonchev–Trinajstić information content (AvgIpc) is 3.21. The molecule has 0 aliphatic heterocycles. The molecule has 1 fully saturated rings. The topological polar surface area (TPSA) is 50.4 Å². The Morgan fingerprint density at radius 3 is 2.95 bits per heavy atom. The van der Waals surface area contributed by atoms with E-state index in [9.17, 15) is 4.79 Å². The molecule has 4 nitrogen and oxygen atoms in total. The Morgan fingerprint density at radius 2 is 2.20 bits per heavy atom. The Balaban J connectivity index is 1.51. The van der Waals surface area contributed by atoms with Gasteiger partial charge in [-0.05, 0) is 61.9 Å². The van der Waals surface area contributed by atoms with E-state index in [1.165, 1.54) is 24.0 Å². The van der Waals surface area contributed by atoms with Crippen molar-refractivity contribution in [2.75, 3.05) is 20.2 Å². The lowest BCUT2D eigenvalue weighted by atomic mass is 10.1. The number of ether oxygens (including phenoxy) is 1. The number of nitrogens with one attached hydrogen (secondary N) is 2. The number of amides is 1. The van der Waals surface area contributed by atoms with Gasteiger partial charge in [-0.25, -0.2) is 0 Å². The maximum Gasteiger partial charge on any atom is 0.257 e. The van der Waals surface area contributed by atoms with Crippen LogP contribution >= 0.6 is 0 Å².